The Balaban J connectivity index is 1.56. The van der Waals surface area contributed by atoms with E-state index in [0.29, 0.717) is 17.1 Å². The van der Waals surface area contributed by atoms with Crippen LogP contribution in [0.25, 0.3) is 0 Å². The van der Waals surface area contributed by atoms with Crippen molar-refractivity contribution in [3.63, 3.8) is 0 Å². The summed E-state index contributed by atoms with van der Waals surface area (Å²) in [6.45, 7) is 0. The van der Waals surface area contributed by atoms with Gasteiger partial charge in [-0.3, -0.25) is 4.79 Å². The van der Waals surface area contributed by atoms with Gasteiger partial charge >= 0.3 is 0 Å². The predicted molar refractivity (Wildman–Crippen MR) is 87.9 cm³/mol. The Hall–Kier alpha value is -1.71. The lowest BCUT2D eigenvalue weighted by atomic mass is 9.53. The third-order valence-corrected chi connectivity index (χ3v) is 6.07. The van der Waals surface area contributed by atoms with Crippen molar-refractivity contribution in [2.45, 2.75) is 44.1 Å². The van der Waals surface area contributed by atoms with Crippen LogP contribution in [0.3, 0.4) is 0 Å². The highest BCUT2D eigenvalue weighted by Crippen LogP contribution is 2.55. The highest BCUT2D eigenvalue weighted by atomic mass is 16.5. The van der Waals surface area contributed by atoms with Gasteiger partial charge in [0.1, 0.15) is 11.5 Å². The van der Waals surface area contributed by atoms with Crippen LogP contribution in [0.15, 0.2) is 18.2 Å². The molecule has 1 N–H and O–H groups in total. The summed E-state index contributed by atoms with van der Waals surface area (Å²) in [4.78, 5) is 12.9. The van der Waals surface area contributed by atoms with Gasteiger partial charge in [-0.15, -0.1) is 0 Å². The first-order valence-corrected chi connectivity index (χ1v) is 8.65. The summed E-state index contributed by atoms with van der Waals surface area (Å²) in [5, 5.41) is 3.39. The average molecular weight is 315 g/mol. The second-order valence-corrected chi connectivity index (χ2v) is 7.72. The Bertz CT molecular complexity index is 590. The van der Waals surface area contributed by atoms with E-state index in [1.54, 1.807) is 26.4 Å². The van der Waals surface area contributed by atoms with E-state index < -0.39 is 0 Å². The Morgan fingerprint density at radius 1 is 1.04 bits per heavy atom. The number of benzene rings is 1. The molecule has 0 atom stereocenters. The molecule has 0 spiro atoms. The van der Waals surface area contributed by atoms with Crippen LogP contribution < -0.4 is 14.8 Å². The van der Waals surface area contributed by atoms with Gasteiger partial charge in [-0.25, -0.2) is 0 Å². The van der Waals surface area contributed by atoms with Crippen molar-refractivity contribution in [3.8, 4) is 11.5 Å². The van der Waals surface area contributed by atoms with E-state index in [1.807, 2.05) is 6.07 Å². The molecule has 23 heavy (non-hydrogen) atoms. The Labute approximate surface area is 137 Å². The molecule has 124 valence electrons. The molecule has 4 nitrogen and oxygen atoms in total. The molecule has 1 aromatic rings. The lowest BCUT2D eigenvalue weighted by Gasteiger charge is -2.56. The summed E-state index contributed by atoms with van der Waals surface area (Å²) >= 11 is 0. The minimum atomic E-state index is -0.00791. The van der Waals surface area contributed by atoms with E-state index >= 15 is 0 Å². The highest BCUT2D eigenvalue weighted by molar-refractivity contribution is 5.97. The lowest BCUT2D eigenvalue weighted by Crippen LogP contribution is -2.59. The van der Waals surface area contributed by atoms with Crippen LogP contribution in [-0.2, 0) is 0 Å². The van der Waals surface area contributed by atoms with Crippen LogP contribution in [0.2, 0.25) is 0 Å². The minimum absolute atomic E-state index is 0.00791. The quantitative estimate of drug-likeness (QED) is 0.926. The van der Waals surface area contributed by atoms with Crippen LogP contribution in [0.1, 0.15) is 48.9 Å². The van der Waals surface area contributed by atoms with E-state index in [2.05, 4.69) is 5.32 Å². The van der Waals surface area contributed by atoms with Gasteiger partial charge in [0.15, 0.2) is 0 Å². The first-order chi connectivity index (χ1) is 11.1. The van der Waals surface area contributed by atoms with Crippen LogP contribution in [0, 0.1) is 17.8 Å². The summed E-state index contributed by atoms with van der Waals surface area (Å²) in [5.74, 6) is 3.73. The summed E-state index contributed by atoms with van der Waals surface area (Å²) in [5.41, 5.74) is 0.626. The number of methoxy groups -OCH3 is 2. The van der Waals surface area contributed by atoms with Crippen molar-refractivity contribution >= 4 is 5.91 Å². The van der Waals surface area contributed by atoms with Crippen molar-refractivity contribution in [2.75, 3.05) is 14.2 Å². The zero-order valence-corrected chi connectivity index (χ0v) is 13.9. The largest absolute Gasteiger partial charge is 0.497 e. The van der Waals surface area contributed by atoms with Crippen LogP contribution in [-0.4, -0.2) is 25.7 Å². The standard InChI is InChI=1S/C19H25NO3/c1-22-15-3-4-16(17(8-15)23-2)18(21)20-19-9-12-5-13(10-19)7-14(6-12)11-19/h3-4,8,12-14H,5-7,9-11H2,1-2H3,(H,20,21). The van der Waals surface area contributed by atoms with Crippen molar-refractivity contribution in [1.82, 2.24) is 5.32 Å². The number of nitrogens with one attached hydrogen (secondary N) is 1. The van der Waals surface area contributed by atoms with Gasteiger partial charge in [-0.1, -0.05) is 0 Å². The molecule has 4 saturated carbocycles. The lowest BCUT2D eigenvalue weighted by molar-refractivity contribution is -0.0167. The van der Waals surface area contributed by atoms with E-state index in [-0.39, 0.29) is 11.4 Å². The van der Waals surface area contributed by atoms with Gasteiger partial charge in [-0.2, -0.15) is 0 Å². The average Bonchev–Trinajstić information content (AvgIpc) is 2.52. The third kappa shape index (κ3) is 2.58. The van der Waals surface area contributed by atoms with Gasteiger partial charge in [0, 0.05) is 11.6 Å². The fourth-order valence-corrected chi connectivity index (χ4v) is 5.56. The van der Waals surface area contributed by atoms with Crippen LogP contribution in [0.5, 0.6) is 11.5 Å². The zero-order valence-electron chi connectivity index (χ0n) is 13.9. The molecule has 1 amide bonds. The highest BCUT2D eigenvalue weighted by Gasteiger charge is 2.51. The second-order valence-electron chi connectivity index (χ2n) is 7.72. The van der Waals surface area contributed by atoms with Crippen molar-refractivity contribution < 1.29 is 14.3 Å². The fraction of sp³-hybridized carbons (Fsp3) is 0.632. The van der Waals surface area contributed by atoms with Gasteiger partial charge in [-0.05, 0) is 68.4 Å². The summed E-state index contributed by atoms with van der Waals surface area (Å²) in [7, 11) is 3.21. The van der Waals surface area contributed by atoms with Crippen molar-refractivity contribution in [1.29, 1.82) is 0 Å². The molecule has 1 aromatic carbocycles. The number of rotatable bonds is 4. The summed E-state index contributed by atoms with van der Waals surface area (Å²) in [6, 6.07) is 5.39. The molecule has 5 rings (SSSR count). The van der Waals surface area contributed by atoms with Crippen LogP contribution in [0.4, 0.5) is 0 Å². The number of amides is 1. The second kappa shape index (κ2) is 5.43. The first kappa shape index (κ1) is 14.9. The molecular formula is C19H25NO3. The van der Waals surface area contributed by atoms with Gasteiger partial charge in [0.05, 0.1) is 19.8 Å². The minimum Gasteiger partial charge on any atom is -0.497 e. The number of hydrogen-bond donors (Lipinski definition) is 1. The Morgan fingerprint density at radius 2 is 1.65 bits per heavy atom. The maximum absolute atomic E-state index is 12.9. The number of carbonyl (C=O) groups excluding carboxylic acids is 1. The molecule has 0 heterocycles. The number of ether oxygens (including phenoxy) is 2. The molecular weight excluding hydrogens is 290 g/mol. The molecule has 4 fully saturated rings. The van der Waals surface area contributed by atoms with E-state index in [4.69, 9.17) is 9.47 Å². The van der Waals surface area contributed by atoms with E-state index in [9.17, 15) is 4.79 Å². The fourth-order valence-electron chi connectivity index (χ4n) is 5.56. The summed E-state index contributed by atoms with van der Waals surface area (Å²) in [6.07, 6.45) is 7.60. The maximum atomic E-state index is 12.9. The van der Waals surface area contributed by atoms with Crippen LogP contribution >= 0.6 is 0 Å². The van der Waals surface area contributed by atoms with Crippen molar-refractivity contribution in [2.24, 2.45) is 17.8 Å². The van der Waals surface area contributed by atoms with Gasteiger partial charge in [0.2, 0.25) is 0 Å². The molecule has 0 aromatic heterocycles. The van der Waals surface area contributed by atoms with Crippen molar-refractivity contribution in [3.05, 3.63) is 23.8 Å². The molecule has 4 aliphatic rings. The predicted octanol–water partition coefficient (Wildman–Crippen LogP) is 3.40. The van der Waals surface area contributed by atoms with E-state index in [0.717, 1.165) is 37.0 Å². The normalized spacial score (nSPS) is 34.3. The first-order valence-electron chi connectivity index (χ1n) is 8.65. The topological polar surface area (TPSA) is 47.6 Å². The monoisotopic (exact) mass is 315 g/mol. The van der Waals surface area contributed by atoms with Gasteiger partial charge < -0.3 is 14.8 Å². The Morgan fingerprint density at radius 3 is 2.17 bits per heavy atom. The van der Waals surface area contributed by atoms with Gasteiger partial charge in [0.25, 0.3) is 5.91 Å². The Kier molecular flexibility index (Phi) is 3.51. The molecule has 4 heteroatoms. The van der Waals surface area contributed by atoms with E-state index in [1.165, 1.54) is 19.3 Å². The number of carbonyl (C=O) groups is 1. The SMILES string of the molecule is COc1ccc(C(=O)NC23CC4CC(CC(C4)C2)C3)c(OC)c1. The molecule has 0 radical (unpaired) electrons. The molecule has 4 aliphatic carbocycles. The maximum Gasteiger partial charge on any atom is 0.255 e. The molecule has 0 unspecified atom stereocenters. The zero-order chi connectivity index (χ0) is 16.0. The summed E-state index contributed by atoms with van der Waals surface area (Å²) < 4.78 is 10.6. The smallest absolute Gasteiger partial charge is 0.255 e. The number of hydrogen-bond acceptors (Lipinski definition) is 3. The molecule has 0 aliphatic heterocycles. The third-order valence-electron chi connectivity index (χ3n) is 6.07. The molecule has 0 saturated heterocycles. The molecule has 4 bridgehead atoms.